The van der Waals surface area contributed by atoms with E-state index in [0.717, 1.165) is 0 Å². The van der Waals surface area contributed by atoms with Crippen LogP contribution in [0.15, 0.2) is 4.63 Å². The molecule has 1 amide bonds. The van der Waals surface area contributed by atoms with E-state index in [0.29, 0.717) is 11.4 Å². The Labute approximate surface area is 94.3 Å². The number of alkyl halides is 3. The van der Waals surface area contributed by atoms with Crippen LogP contribution in [0.4, 0.5) is 13.2 Å². The number of amides is 1. The minimum atomic E-state index is -4.40. The van der Waals surface area contributed by atoms with E-state index in [9.17, 15) is 18.0 Å². The summed E-state index contributed by atoms with van der Waals surface area (Å²) in [6.07, 6.45) is -4.55. The molecule has 2 atom stereocenters. The molecule has 0 aliphatic carbocycles. The standard InChI is InChI=1S/C9H10F3N3O2/c1-4-6(15-17-14-4)2-5-3-7(9(10,11)12)13-8(5)16/h5,7H,2-3H2,1H3,(H,13,16). The van der Waals surface area contributed by atoms with Gasteiger partial charge in [0.1, 0.15) is 17.4 Å². The van der Waals surface area contributed by atoms with Gasteiger partial charge >= 0.3 is 6.18 Å². The van der Waals surface area contributed by atoms with Crippen molar-refractivity contribution < 1.29 is 22.6 Å². The molecule has 1 N–H and O–H groups in total. The van der Waals surface area contributed by atoms with Crippen LogP contribution in [0, 0.1) is 12.8 Å². The highest BCUT2D eigenvalue weighted by Crippen LogP contribution is 2.31. The van der Waals surface area contributed by atoms with Gasteiger partial charge in [0.25, 0.3) is 0 Å². The highest BCUT2D eigenvalue weighted by molar-refractivity contribution is 5.81. The Morgan fingerprint density at radius 2 is 2.18 bits per heavy atom. The molecule has 0 aromatic carbocycles. The summed E-state index contributed by atoms with van der Waals surface area (Å²) in [4.78, 5) is 11.4. The summed E-state index contributed by atoms with van der Waals surface area (Å²) in [5.41, 5.74) is 0.918. The minimum absolute atomic E-state index is 0.119. The fourth-order valence-corrected chi connectivity index (χ4v) is 1.80. The fraction of sp³-hybridized carbons (Fsp3) is 0.667. The maximum absolute atomic E-state index is 12.4. The SMILES string of the molecule is Cc1nonc1CC1CC(C(F)(F)F)NC1=O. The molecule has 1 saturated heterocycles. The van der Waals surface area contributed by atoms with Gasteiger partial charge in [-0.2, -0.15) is 13.2 Å². The Morgan fingerprint density at radius 1 is 1.47 bits per heavy atom. The third-order valence-electron chi connectivity index (χ3n) is 2.79. The zero-order valence-corrected chi connectivity index (χ0v) is 8.91. The van der Waals surface area contributed by atoms with Gasteiger partial charge in [0.05, 0.1) is 0 Å². The molecule has 94 valence electrons. The first kappa shape index (κ1) is 11.9. The van der Waals surface area contributed by atoms with Gasteiger partial charge in [0.2, 0.25) is 5.91 Å². The van der Waals surface area contributed by atoms with E-state index in [1.807, 2.05) is 5.32 Å². The van der Waals surface area contributed by atoms with Gasteiger partial charge in [-0.15, -0.1) is 0 Å². The van der Waals surface area contributed by atoms with Crippen LogP contribution in [0.3, 0.4) is 0 Å². The molecule has 1 fully saturated rings. The van der Waals surface area contributed by atoms with E-state index in [4.69, 9.17) is 0 Å². The average molecular weight is 249 g/mol. The molecule has 1 aliphatic heterocycles. The van der Waals surface area contributed by atoms with Crippen molar-refractivity contribution in [2.45, 2.75) is 32.0 Å². The van der Waals surface area contributed by atoms with Gasteiger partial charge in [0, 0.05) is 12.3 Å². The second-order valence-electron chi connectivity index (χ2n) is 4.04. The van der Waals surface area contributed by atoms with Crippen molar-refractivity contribution >= 4 is 5.91 Å². The summed E-state index contributed by atoms with van der Waals surface area (Å²) in [5.74, 6) is -1.33. The molecule has 0 spiro atoms. The predicted molar refractivity (Wildman–Crippen MR) is 48.8 cm³/mol. The van der Waals surface area contributed by atoms with Gasteiger partial charge in [-0.1, -0.05) is 10.3 Å². The van der Waals surface area contributed by atoms with Crippen LogP contribution >= 0.6 is 0 Å². The number of halogens is 3. The van der Waals surface area contributed by atoms with Gasteiger partial charge in [-0.25, -0.2) is 4.63 Å². The lowest BCUT2D eigenvalue weighted by Crippen LogP contribution is -2.38. The average Bonchev–Trinajstić information content (AvgIpc) is 2.75. The van der Waals surface area contributed by atoms with Crippen molar-refractivity contribution in [1.82, 2.24) is 15.6 Å². The molecule has 1 aromatic rings. The maximum Gasteiger partial charge on any atom is 0.408 e. The van der Waals surface area contributed by atoms with Crippen LogP contribution in [0.25, 0.3) is 0 Å². The third kappa shape index (κ3) is 2.40. The normalized spacial score (nSPS) is 25.1. The Morgan fingerprint density at radius 3 is 2.65 bits per heavy atom. The Hall–Kier alpha value is -1.60. The number of nitrogens with one attached hydrogen (secondary N) is 1. The summed E-state index contributed by atoms with van der Waals surface area (Å²) in [6.45, 7) is 1.62. The lowest BCUT2D eigenvalue weighted by atomic mass is 9.98. The number of carbonyl (C=O) groups is 1. The van der Waals surface area contributed by atoms with E-state index >= 15 is 0 Å². The van der Waals surface area contributed by atoms with Crippen LogP contribution in [0.2, 0.25) is 0 Å². The summed E-state index contributed by atoms with van der Waals surface area (Å²) >= 11 is 0. The number of nitrogens with zero attached hydrogens (tertiary/aromatic N) is 2. The quantitative estimate of drug-likeness (QED) is 0.848. The molecule has 0 bridgehead atoms. The van der Waals surface area contributed by atoms with Crippen molar-refractivity contribution in [3.63, 3.8) is 0 Å². The monoisotopic (exact) mass is 249 g/mol. The van der Waals surface area contributed by atoms with Crippen LogP contribution in [0.5, 0.6) is 0 Å². The van der Waals surface area contributed by atoms with Crippen molar-refractivity contribution in [2.24, 2.45) is 5.92 Å². The number of hydrogen-bond donors (Lipinski definition) is 1. The van der Waals surface area contributed by atoms with Crippen LogP contribution < -0.4 is 5.32 Å². The summed E-state index contributed by atoms with van der Waals surface area (Å²) in [5, 5.41) is 9.00. The second kappa shape index (κ2) is 4.01. The molecule has 1 aromatic heterocycles. The Bertz CT molecular complexity index is 429. The third-order valence-corrected chi connectivity index (χ3v) is 2.79. The Kier molecular flexibility index (Phi) is 2.80. The summed E-state index contributed by atoms with van der Waals surface area (Å²) < 4.78 is 41.6. The molecule has 2 rings (SSSR count). The number of carbonyl (C=O) groups excluding carboxylic acids is 1. The van der Waals surface area contributed by atoms with Crippen molar-refractivity contribution in [2.75, 3.05) is 0 Å². The van der Waals surface area contributed by atoms with Crippen LogP contribution in [-0.4, -0.2) is 28.4 Å². The van der Waals surface area contributed by atoms with E-state index in [1.165, 1.54) is 0 Å². The highest BCUT2D eigenvalue weighted by Gasteiger charge is 2.47. The molecular formula is C9H10F3N3O2. The molecule has 5 nitrogen and oxygen atoms in total. The predicted octanol–water partition coefficient (Wildman–Crippen LogP) is 0.988. The van der Waals surface area contributed by atoms with Crippen LogP contribution in [-0.2, 0) is 11.2 Å². The molecule has 0 saturated carbocycles. The molecule has 2 unspecified atom stereocenters. The number of rotatable bonds is 2. The molecule has 0 radical (unpaired) electrons. The van der Waals surface area contributed by atoms with Crippen molar-refractivity contribution in [3.05, 3.63) is 11.4 Å². The smallest absolute Gasteiger partial charge is 0.344 e. The van der Waals surface area contributed by atoms with Gasteiger partial charge in [-0.05, 0) is 13.3 Å². The number of aryl methyl sites for hydroxylation is 1. The lowest BCUT2D eigenvalue weighted by molar-refractivity contribution is -0.154. The fourth-order valence-electron chi connectivity index (χ4n) is 1.80. The first-order valence-electron chi connectivity index (χ1n) is 5.03. The first-order chi connectivity index (χ1) is 7.88. The van der Waals surface area contributed by atoms with Crippen molar-refractivity contribution in [1.29, 1.82) is 0 Å². The zero-order chi connectivity index (χ0) is 12.6. The summed E-state index contributed by atoms with van der Waals surface area (Å²) in [6, 6.07) is -1.76. The van der Waals surface area contributed by atoms with E-state index < -0.39 is 24.0 Å². The maximum atomic E-state index is 12.4. The summed E-state index contributed by atoms with van der Waals surface area (Å²) in [7, 11) is 0. The molecule has 17 heavy (non-hydrogen) atoms. The van der Waals surface area contributed by atoms with E-state index in [-0.39, 0.29) is 12.8 Å². The van der Waals surface area contributed by atoms with Crippen LogP contribution in [0.1, 0.15) is 17.8 Å². The topological polar surface area (TPSA) is 68.0 Å². The molecule has 1 aliphatic rings. The lowest BCUT2D eigenvalue weighted by Gasteiger charge is -2.13. The second-order valence-corrected chi connectivity index (χ2v) is 4.04. The molecule has 8 heteroatoms. The largest absolute Gasteiger partial charge is 0.408 e. The molecular weight excluding hydrogens is 239 g/mol. The minimum Gasteiger partial charge on any atom is -0.344 e. The zero-order valence-electron chi connectivity index (χ0n) is 8.91. The van der Waals surface area contributed by atoms with Gasteiger partial charge in [-0.3, -0.25) is 4.79 Å². The van der Waals surface area contributed by atoms with E-state index in [2.05, 4.69) is 14.9 Å². The van der Waals surface area contributed by atoms with Crippen molar-refractivity contribution in [3.8, 4) is 0 Å². The number of aromatic nitrogens is 2. The van der Waals surface area contributed by atoms with E-state index in [1.54, 1.807) is 6.92 Å². The first-order valence-corrected chi connectivity index (χ1v) is 5.03. The molecule has 2 heterocycles. The van der Waals surface area contributed by atoms with Gasteiger partial charge in [0.15, 0.2) is 0 Å². The number of hydrogen-bond acceptors (Lipinski definition) is 4. The Balaban J connectivity index is 2.05. The highest BCUT2D eigenvalue weighted by atomic mass is 19.4. The van der Waals surface area contributed by atoms with Gasteiger partial charge < -0.3 is 5.32 Å².